The first-order valence-corrected chi connectivity index (χ1v) is 5.12. The summed E-state index contributed by atoms with van der Waals surface area (Å²) in [5.41, 5.74) is -0.0665. The van der Waals surface area contributed by atoms with Crippen LogP contribution in [0.2, 0.25) is 5.02 Å². The van der Waals surface area contributed by atoms with Gasteiger partial charge in [-0.2, -0.15) is 0 Å². The number of para-hydroxylation sites is 1. The highest BCUT2D eigenvalue weighted by Crippen LogP contribution is 2.37. The molecule has 0 N–H and O–H groups in total. The van der Waals surface area contributed by atoms with Crippen LogP contribution in [0, 0.1) is 16.0 Å². The summed E-state index contributed by atoms with van der Waals surface area (Å²) in [6, 6.07) is 4.54. The zero-order chi connectivity index (χ0) is 10.8. The van der Waals surface area contributed by atoms with E-state index in [1.165, 1.54) is 6.07 Å². The molecule has 0 aliphatic heterocycles. The molecule has 0 spiro atoms. The summed E-state index contributed by atoms with van der Waals surface area (Å²) in [7, 11) is 0. The molecule has 0 amide bonds. The van der Waals surface area contributed by atoms with Crippen molar-refractivity contribution in [1.29, 1.82) is 0 Å². The summed E-state index contributed by atoms with van der Waals surface area (Å²) in [6.07, 6.45) is 2.27. The summed E-state index contributed by atoms with van der Waals surface area (Å²) >= 11 is 5.85. The lowest BCUT2D eigenvalue weighted by molar-refractivity contribution is -0.385. The quantitative estimate of drug-likeness (QED) is 0.587. The molecular formula is C10H10ClNO3. The Labute approximate surface area is 92.0 Å². The van der Waals surface area contributed by atoms with Crippen LogP contribution < -0.4 is 4.74 Å². The molecule has 1 fully saturated rings. The van der Waals surface area contributed by atoms with Gasteiger partial charge in [0.2, 0.25) is 5.75 Å². The van der Waals surface area contributed by atoms with Gasteiger partial charge in [-0.15, -0.1) is 0 Å². The van der Waals surface area contributed by atoms with E-state index in [2.05, 4.69) is 0 Å². The highest BCUT2D eigenvalue weighted by Gasteiger charge is 2.25. The van der Waals surface area contributed by atoms with Crippen molar-refractivity contribution in [3.8, 4) is 5.75 Å². The number of nitro benzene ring substituents is 1. The van der Waals surface area contributed by atoms with E-state index >= 15 is 0 Å². The van der Waals surface area contributed by atoms with E-state index in [0.717, 1.165) is 12.8 Å². The maximum absolute atomic E-state index is 10.7. The number of hydrogen-bond acceptors (Lipinski definition) is 3. The lowest BCUT2D eigenvalue weighted by Gasteiger charge is -2.07. The third-order valence-corrected chi connectivity index (χ3v) is 2.60. The van der Waals surface area contributed by atoms with Crippen molar-refractivity contribution < 1.29 is 9.66 Å². The molecule has 80 valence electrons. The minimum absolute atomic E-state index is 0.0665. The first-order valence-electron chi connectivity index (χ1n) is 4.74. The van der Waals surface area contributed by atoms with E-state index in [9.17, 15) is 10.1 Å². The Balaban J connectivity index is 2.20. The van der Waals surface area contributed by atoms with Gasteiger partial charge < -0.3 is 4.74 Å². The Morgan fingerprint density at radius 3 is 2.87 bits per heavy atom. The number of hydrogen-bond donors (Lipinski definition) is 0. The second-order valence-electron chi connectivity index (χ2n) is 3.60. The predicted octanol–water partition coefficient (Wildman–Crippen LogP) is 3.04. The van der Waals surface area contributed by atoms with E-state index in [1.807, 2.05) is 0 Å². The van der Waals surface area contributed by atoms with Crippen molar-refractivity contribution in [2.75, 3.05) is 6.61 Å². The zero-order valence-corrected chi connectivity index (χ0v) is 8.74. The van der Waals surface area contributed by atoms with Gasteiger partial charge >= 0.3 is 5.69 Å². The van der Waals surface area contributed by atoms with Gasteiger partial charge in [-0.25, -0.2) is 0 Å². The maximum atomic E-state index is 10.7. The van der Waals surface area contributed by atoms with Gasteiger partial charge in [0.1, 0.15) is 0 Å². The van der Waals surface area contributed by atoms with Crippen LogP contribution in [0.25, 0.3) is 0 Å². The topological polar surface area (TPSA) is 52.4 Å². The van der Waals surface area contributed by atoms with Gasteiger partial charge in [0.05, 0.1) is 16.6 Å². The predicted molar refractivity (Wildman–Crippen MR) is 56.3 cm³/mol. The molecule has 0 radical (unpaired) electrons. The van der Waals surface area contributed by atoms with Gasteiger partial charge in [0.15, 0.2) is 0 Å². The number of nitrogens with zero attached hydrogens (tertiary/aromatic N) is 1. The van der Waals surface area contributed by atoms with Crippen LogP contribution in [0.4, 0.5) is 5.69 Å². The molecule has 0 saturated heterocycles. The molecule has 0 atom stereocenters. The Hall–Kier alpha value is -1.29. The molecule has 1 aromatic rings. The van der Waals surface area contributed by atoms with E-state index in [1.54, 1.807) is 12.1 Å². The van der Waals surface area contributed by atoms with Crippen LogP contribution in [-0.2, 0) is 0 Å². The molecule has 4 nitrogen and oxygen atoms in total. The lowest BCUT2D eigenvalue weighted by atomic mass is 10.3. The molecule has 0 unspecified atom stereocenters. The summed E-state index contributed by atoms with van der Waals surface area (Å²) in [5, 5.41) is 11.0. The largest absolute Gasteiger partial charge is 0.485 e. The SMILES string of the molecule is O=[N+]([O-])c1cccc(Cl)c1OCC1CC1. The van der Waals surface area contributed by atoms with Gasteiger partial charge in [0, 0.05) is 6.07 Å². The second-order valence-corrected chi connectivity index (χ2v) is 4.01. The van der Waals surface area contributed by atoms with Gasteiger partial charge in [-0.1, -0.05) is 17.7 Å². The molecule has 1 aliphatic carbocycles. The van der Waals surface area contributed by atoms with E-state index in [-0.39, 0.29) is 11.4 Å². The highest BCUT2D eigenvalue weighted by atomic mass is 35.5. The van der Waals surface area contributed by atoms with Crippen molar-refractivity contribution in [1.82, 2.24) is 0 Å². The van der Waals surface area contributed by atoms with E-state index in [4.69, 9.17) is 16.3 Å². The maximum Gasteiger partial charge on any atom is 0.312 e. The lowest BCUT2D eigenvalue weighted by Crippen LogP contribution is -2.02. The number of nitro groups is 1. The van der Waals surface area contributed by atoms with Crippen LogP contribution >= 0.6 is 11.6 Å². The fraction of sp³-hybridized carbons (Fsp3) is 0.400. The summed E-state index contributed by atoms with van der Waals surface area (Å²) < 4.78 is 5.38. The Kier molecular flexibility index (Phi) is 2.77. The number of rotatable bonds is 4. The Morgan fingerprint density at radius 2 is 2.27 bits per heavy atom. The third kappa shape index (κ3) is 2.39. The minimum atomic E-state index is -0.478. The highest BCUT2D eigenvalue weighted by molar-refractivity contribution is 6.32. The number of halogens is 1. The molecule has 1 saturated carbocycles. The summed E-state index contributed by atoms with van der Waals surface area (Å²) in [5.74, 6) is 0.733. The molecule has 5 heteroatoms. The molecule has 2 rings (SSSR count). The third-order valence-electron chi connectivity index (χ3n) is 2.30. The van der Waals surface area contributed by atoms with Crippen molar-refractivity contribution in [3.63, 3.8) is 0 Å². The average Bonchev–Trinajstić information content (AvgIpc) is 2.99. The van der Waals surface area contributed by atoms with Crippen molar-refractivity contribution in [2.24, 2.45) is 5.92 Å². The van der Waals surface area contributed by atoms with E-state index in [0.29, 0.717) is 17.5 Å². The smallest absolute Gasteiger partial charge is 0.312 e. The van der Waals surface area contributed by atoms with E-state index < -0.39 is 4.92 Å². The van der Waals surface area contributed by atoms with Crippen LogP contribution in [0.5, 0.6) is 5.75 Å². The monoisotopic (exact) mass is 227 g/mol. The fourth-order valence-electron chi connectivity index (χ4n) is 1.27. The number of ether oxygens (including phenoxy) is 1. The zero-order valence-electron chi connectivity index (χ0n) is 7.98. The Morgan fingerprint density at radius 1 is 1.53 bits per heavy atom. The standard InChI is InChI=1S/C10H10ClNO3/c11-8-2-1-3-9(12(13)14)10(8)15-6-7-4-5-7/h1-3,7H,4-6H2. The molecule has 15 heavy (non-hydrogen) atoms. The van der Waals surface area contributed by atoms with Crippen molar-refractivity contribution in [3.05, 3.63) is 33.3 Å². The molecule has 0 bridgehead atoms. The molecule has 0 heterocycles. The summed E-state index contributed by atoms with van der Waals surface area (Å²) in [4.78, 5) is 10.2. The Bertz CT molecular complexity index is 390. The van der Waals surface area contributed by atoms with Crippen LogP contribution in [0.15, 0.2) is 18.2 Å². The second kappa shape index (κ2) is 4.06. The molecule has 1 aliphatic rings. The van der Waals surface area contributed by atoms with Crippen LogP contribution in [-0.4, -0.2) is 11.5 Å². The molecule has 1 aromatic carbocycles. The average molecular weight is 228 g/mol. The molecule has 0 aromatic heterocycles. The van der Waals surface area contributed by atoms with Gasteiger partial charge in [0.25, 0.3) is 0 Å². The minimum Gasteiger partial charge on any atom is -0.485 e. The summed E-state index contributed by atoms with van der Waals surface area (Å²) in [6.45, 7) is 0.518. The fourth-order valence-corrected chi connectivity index (χ4v) is 1.49. The van der Waals surface area contributed by atoms with Crippen LogP contribution in [0.1, 0.15) is 12.8 Å². The first kappa shape index (κ1) is 10.2. The normalized spacial score (nSPS) is 15.0. The van der Waals surface area contributed by atoms with Gasteiger partial charge in [-0.3, -0.25) is 10.1 Å². The molecular weight excluding hydrogens is 218 g/mol. The number of benzene rings is 1. The van der Waals surface area contributed by atoms with Gasteiger partial charge in [-0.05, 0) is 24.8 Å². The van der Waals surface area contributed by atoms with Crippen LogP contribution in [0.3, 0.4) is 0 Å². The first-order chi connectivity index (χ1) is 7.18. The van der Waals surface area contributed by atoms with Crippen molar-refractivity contribution >= 4 is 17.3 Å². The van der Waals surface area contributed by atoms with Crippen molar-refractivity contribution in [2.45, 2.75) is 12.8 Å².